The second-order valence-corrected chi connectivity index (χ2v) is 9.18. The van der Waals surface area contributed by atoms with Gasteiger partial charge in [0.15, 0.2) is 0 Å². The number of sulfonamides is 1. The van der Waals surface area contributed by atoms with Crippen molar-refractivity contribution >= 4 is 38.6 Å². The zero-order chi connectivity index (χ0) is 17.9. The molecule has 0 fully saturated rings. The highest BCUT2D eigenvalue weighted by molar-refractivity contribution is 7.92. The van der Waals surface area contributed by atoms with Crippen LogP contribution < -0.4 is 9.62 Å². The van der Waals surface area contributed by atoms with Crippen molar-refractivity contribution in [2.45, 2.75) is 32.6 Å². The molecule has 2 heterocycles. The van der Waals surface area contributed by atoms with Gasteiger partial charge < -0.3 is 5.32 Å². The average Bonchev–Trinajstić information content (AvgIpc) is 3.22. The summed E-state index contributed by atoms with van der Waals surface area (Å²) in [4.78, 5) is 13.2. The van der Waals surface area contributed by atoms with Crippen molar-refractivity contribution < 1.29 is 13.2 Å². The Bertz CT molecular complexity index is 845. The third kappa shape index (κ3) is 4.22. The molecule has 0 bridgehead atoms. The SMILES string of the molecule is CCCCS(=O)(=O)N1CCc2ccc(NC(=O)Cc3cccs3)cc21. The Hall–Kier alpha value is -1.86. The van der Waals surface area contributed by atoms with E-state index in [4.69, 9.17) is 0 Å². The molecular formula is C18H22N2O3S2. The summed E-state index contributed by atoms with van der Waals surface area (Å²) in [5.41, 5.74) is 2.35. The quantitative estimate of drug-likeness (QED) is 0.803. The lowest BCUT2D eigenvalue weighted by atomic mass is 10.1. The lowest BCUT2D eigenvalue weighted by molar-refractivity contribution is -0.115. The van der Waals surface area contributed by atoms with Gasteiger partial charge in [0.1, 0.15) is 0 Å². The number of carbonyl (C=O) groups is 1. The molecule has 2 aromatic rings. The number of nitrogens with one attached hydrogen (secondary N) is 1. The minimum atomic E-state index is -3.30. The first-order valence-electron chi connectivity index (χ1n) is 8.45. The molecule has 1 amide bonds. The molecule has 3 rings (SSSR count). The molecule has 1 aliphatic heterocycles. The molecule has 0 radical (unpaired) electrons. The van der Waals surface area contributed by atoms with Gasteiger partial charge in [-0.3, -0.25) is 9.10 Å². The molecule has 7 heteroatoms. The van der Waals surface area contributed by atoms with E-state index in [2.05, 4.69) is 5.32 Å². The molecule has 1 aromatic carbocycles. The Balaban J connectivity index is 1.75. The minimum absolute atomic E-state index is 0.0965. The Labute approximate surface area is 152 Å². The standard InChI is InChI=1S/C18H22N2O3S2/c1-2-3-11-25(22,23)20-9-8-14-6-7-15(12-17(14)20)19-18(21)13-16-5-4-10-24-16/h4-7,10,12H,2-3,8-9,11,13H2,1H3,(H,19,21). The van der Waals surface area contributed by atoms with E-state index in [0.717, 1.165) is 16.9 Å². The van der Waals surface area contributed by atoms with Gasteiger partial charge >= 0.3 is 0 Å². The van der Waals surface area contributed by atoms with E-state index in [9.17, 15) is 13.2 Å². The molecule has 1 N–H and O–H groups in total. The van der Waals surface area contributed by atoms with Crippen molar-refractivity contribution in [3.8, 4) is 0 Å². The van der Waals surface area contributed by atoms with Crippen LogP contribution in [-0.4, -0.2) is 26.6 Å². The molecule has 1 aromatic heterocycles. The van der Waals surface area contributed by atoms with E-state index in [1.807, 2.05) is 36.6 Å². The Kier molecular flexibility index (Phi) is 5.44. The normalized spacial score (nSPS) is 13.7. The van der Waals surface area contributed by atoms with Gasteiger partial charge in [-0.2, -0.15) is 0 Å². The summed E-state index contributed by atoms with van der Waals surface area (Å²) in [6, 6.07) is 9.37. The lowest BCUT2D eigenvalue weighted by Gasteiger charge is -2.20. The number of rotatable bonds is 7. The molecule has 0 saturated carbocycles. The van der Waals surface area contributed by atoms with Crippen molar-refractivity contribution in [2.24, 2.45) is 0 Å². The predicted octanol–water partition coefficient (Wildman–Crippen LogP) is 3.42. The van der Waals surface area contributed by atoms with Crippen LogP contribution in [0.2, 0.25) is 0 Å². The van der Waals surface area contributed by atoms with Crippen molar-refractivity contribution in [2.75, 3.05) is 21.9 Å². The number of carbonyl (C=O) groups excluding carboxylic acids is 1. The number of fused-ring (bicyclic) bond motifs is 1. The number of unbranched alkanes of at least 4 members (excludes halogenated alkanes) is 1. The van der Waals surface area contributed by atoms with E-state index in [1.54, 1.807) is 17.4 Å². The van der Waals surface area contributed by atoms with Crippen LogP contribution in [0.1, 0.15) is 30.2 Å². The first-order valence-corrected chi connectivity index (χ1v) is 10.9. The summed E-state index contributed by atoms with van der Waals surface area (Å²) in [7, 11) is -3.30. The molecule has 5 nitrogen and oxygen atoms in total. The van der Waals surface area contributed by atoms with Crippen molar-refractivity contribution in [1.29, 1.82) is 0 Å². The van der Waals surface area contributed by atoms with Crippen LogP contribution in [0, 0.1) is 0 Å². The summed E-state index contributed by atoms with van der Waals surface area (Å²) in [6.07, 6.45) is 2.54. The molecule has 134 valence electrons. The van der Waals surface area contributed by atoms with Gasteiger partial charge in [-0.15, -0.1) is 11.3 Å². The summed E-state index contributed by atoms with van der Waals surface area (Å²) in [6.45, 7) is 2.46. The highest BCUT2D eigenvalue weighted by Gasteiger charge is 2.29. The summed E-state index contributed by atoms with van der Waals surface area (Å²) >= 11 is 1.54. The van der Waals surface area contributed by atoms with Gasteiger partial charge in [0, 0.05) is 17.1 Å². The van der Waals surface area contributed by atoms with E-state index < -0.39 is 10.0 Å². The van der Waals surface area contributed by atoms with E-state index >= 15 is 0 Å². The molecule has 25 heavy (non-hydrogen) atoms. The van der Waals surface area contributed by atoms with Crippen LogP contribution in [0.4, 0.5) is 11.4 Å². The number of benzene rings is 1. The van der Waals surface area contributed by atoms with Crippen LogP contribution >= 0.6 is 11.3 Å². The summed E-state index contributed by atoms with van der Waals surface area (Å²) in [5, 5.41) is 4.81. The van der Waals surface area contributed by atoms with Crippen LogP contribution in [0.15, 0.2) is 35.7 Å². The fourth-order valence-corrected chi connectivity index (χ4v) is 5.35. The predicted molar refractivity (Wildman–Crippen MR) is 103 cm³/mol. The highest BCUT2D eigenvalue weighted by atomic mass is 32.2. The van der Waals surface area contributed by atoms with Crippen LogP contribution in [-0.2, 0) is 27.7 Å². The maximum Gasteiger partial charge on any atom is 0.235 e. The largest absolute Gasteiger partial charge is 0.326 e. The number of nitrogens with zero attached hydrogens (tertiary/aromatic N) is 1. The summed E-state index contributed by atoms with van der Waals surface area (Å²) < 4.78 is 26.6. The smallest absolute Gasteiger partial charge is 0.235 e. The number of hydrogen-bond donors (Lipinski definition) is 1. The highest BCUT2D eigenvalue weighted by Crippen LogP contribution is 2.33. The monoisotopic (exact) mass is 378 g/mol. The van der Waals surface area contributed by atoms with Gasteiger partial charge in [0.05, 0.1) is 17.9 Å². The van der Waals surface area contributed by atoms with Gasteiger partial charge in [0.2, 0.25) is 15.9 Å². The second kappa shape index (κ2) is 7.58. The van der Waals surface area contributed by atoms with Gasteiger partial charge in [0.25, 0.3) is 0 Å². The zero-order valence-electron chi connectivity index (χ0n) is 14.2. The molecule has 0 atom stereocenters. The van der Waals surface area contributed by atoms with E-state index in [-0.39, 0.29) is 11.7 Å². The van der Waals surface area contributed by atoms with Gasteiger partial charge in [-0.05, 0) is 42.0 Å². The molecule has 1 aliphatic rings. The molecule has 0 unspecified atom stereocenters. The first-order chi connectivity index (χ1) is 12.0. The number of amides is 1. The van der Waals surface area contributed by atoms with Crippen molar-refractivity contribution in [3.63, 3.8) is 0 Å². The fourth-order valence-electron chi connectivity index (χ4n) is 2.93. The third-order valence-electron chi connectivity index (χ3n) is 4.23. The van der Waals surface area contributed by atoms with Gasteiger partial charge in [-0.25, -0.2) is 8.42 Å². The Morgan fingerprint density at radius 3 is 2.88 bits per heavy atom. The number of thiophene rings is 1. The maximum atomic E-state index is 12.5. The van der Waals surface area contributed by atoms with Crippen molar-refractivity contribution in [3.05, 3.63) is 46.2 Å². The third-order valence-corrected chi connectivity index (χ3v) is 6.96. The second-order valence-electron chi connectivity index (χ2n) is 6.14. The van der Waals surface area contributed by atoms with Crippen LogP contribution in [0.5, 0.6) is 0 Å². The van der Waals surface area contributed by atoms with Crippen LogP contribution in [0.3, 0.4) is 0 Å². The minimum Gasteiger partial charge on any atom is -0.326 e. The van der Waals surface area contributed by atoms with Gasteiger partial charge in [-0.1, -0.05) is 25.5 Å². The number of hydrogen-bond acceptors (Lipinski definition) is 4. The van der Waals surface area contributed by atoms with Crippen LogP contribution in [0.25, 0.3) is 0 Å². The zero-order valence-corrected chi connectivity index (χ0v) is 15.8. The summed E-state index contributed by atoms with van der Waals surface area (Å²) in [5.74, 6) is 0.0681. The van der Waals surface area contributed by atoms with Crippen molar-refractivity contribution in [1.82, 2.24) is 0 Å². The first kappa shape index (κ1) is 17.9. The van der Waals surface area contributed by atoms with E-state index in [1.165, 1.54) is 4.31 Å². The molecule has 0 saturated heterocycles. The lowest BCUT2D eigenvalue weighted by Crippen LogP contribution is -2.31. The number of anilines is 2. The molecule has 0 spiro atoms. The molecular weight excluding hydrogens is 356 g/mol. The Morgan fingerprint density at radius 1 is 1.32 bits per heavy atom. The topological polar surface area (TPSA) is 66.5 Å². The average molecular weight is 379 g/mol. The van der Waals surface area contributed by atoms with E-state index in [0.29, 0.717) is 37.2 Å². The Morgan fingerprint density at radius 2 is 2.16 bits per heavy atom. The fraction of sp³-hybridized carbons (Fsp3) is 0.389. The maximum absolute atomic E-state index is 12.5. The molecule has 0 aliphatic carbocycles.